The molecule has 0 fully saturated rings. The van der Waals surface area contributed by atoms with Gasteiger partial charge in [0.05, 0.1) is 12.2 Å². The highest BCUT2D eigenvalue weighted by Gasteiger charge is 2.32. The summed E-state index contributed by atoms with van der Waals surface area (Å²) >= 11 is 0. The molecule has 0 aromatic heterocycles. The van der Waals surface area contributed by atoms with Gasteiger partial charge in [0.2, 0.25) is 0 Å². The molecule has 3 nitrogen and oxygen atoms in total. The van der Waals surface area contributed by atoms with E-state index in [4.69, 9.17) is 4.74 Å². The van der Waals surface area contributed by atoms with E-state index >= 15 is 0 Å². The van der Waals surface area contributed by atoms with Gasteiger partial charge in [-0.1, -0.05) is 30.3 Å². The third-order valence-electron chi connectivity index (χ3n) is 2.90. The van der Waals surface area contributed by atoms with Gasteiger partial charge in [-0.15, -0.1) is 13.2 Å². The summed E-state index contributed by atoms with van der Waals surface area (Å²) in [5, 5.41) is 0. The Bertz CT molecular complexity index is 711. The number of carbonyl (C=O) groups excluding carboxylic acids is 1. The highest BCUT2D eigenvalue weighted by atomic mass is 19.4. The zero-order valence-corrected chi connectivity index (χ0v) is 12.0. The van der Waals surface area contributed by atoms with Gasteiger partial charge in [0.25, 0.3) is 0 Å². The van der Waals surface area contributed by atoms with E-state index in [9.17, 15) is 22.4 Å². The zero-order valence-electron chi connectivity index (χ0n) is 12.0. The summed E-state index contributed by atoms with van der Waals surface area (Å²) < 4.78 is 60.5. The molecule has 0 aliphatic heterocycles. The van der Waals surface area contributed by atoms with Crippen LogP contribution in [0.15, 0.2) is 42.5 Å². The SMILES string of the molecule is CCOC(=O)c1cccc(-c2ccccc2OC(F)(F)F)c1F. The van der Waals surface area contributed by atoms with Gasteiger partial charge in [-0.2, -0.15) is 0 Å². The standard InChI is InChI=1S/C16H12F4O3/c1-2-22-15(21)12-8-5-7-11(14(12)17)10-6-3-4-9-13(10)23-16(18,19)20/h3-9H,2H2,1H3. The summed E-state index contributed by atoms with van der Waals surface area (Å²) in [5.74, 6) is -2.41. The number of alkyl halides is 3. The maximum atomic E-state index is 14.5. The summed E-state index contributed by atoms with van der Waals surface area (Å²) in [6.45, 7) is 1.61. The molecule has 0 radical (unpaired) electrons. The molecule has 2 rings (SSSR count). The molecule has 0 aliphatic carbocycles. The first-order valence-electron chi connectivity index (χ1n) is 6.64. The lowest BCUT2D eigenvalue weighted by Crippen LogP contribution is -2.17. The van der Waals surface area contributed by atoms with Crippen molar-refractivity contribution in [3.05, 3.63) is 53.8 Å². The molecule has 7 heteroatoms. The van der Waals surface area contributed by atoms with E-state index in [1.54, 1.807) is 6.92 Å². The minimum absolute atomic E-state index is 0.0519. The molecule has 2 aromatic carbocycles. The molecular weight excluding hydrogens is 316 g/mol. The fourth-order valence-corrected chi connectivity index (χ4v) is 2.01. The number of esters is 1. The van der Waals surface area contributed by atoms with Gasteiger partial charge in [-0.05, 0) is 19.1 Å². The van der Waals surface area contributed by atoms with Crippen molar-refractivity contribution < 1.29 is 31.8 Å². The highest BCUT2D eigenvalue weighted by molar-refractivity contribution is 5.92. The van der Waals surface area contributed by atoms with Gasteiger partial charge < -0.3 is 9.47 Å². The second-order valence-corrected chi connectivity index (χ2v) is 4.43. The molecule has 0 atom stereocenters. The van der Waals surface area contributed by atoms with Crippen LogP contribution >= 0.6 is 0 Å². The number of carbonyl (C=O) groups is 1. The second kappa shape index (κ2) is 6.68. The average Bonchev–Trinajstić information content (AvgIpc) is 2.47. The molecule has 0 saturated heterocycles. The van der Waals surface area contributed by atoms with Crippen LogP contribution < -0.4 is 4.74 Å². The van der Waals surface area contributed by atoms with Crippen LogP contribution in [0.25, 0.3) is 11.1 Å². The smallest absolute Gasteiger partial charge is 0.462 e. The Hall–Kier alpha value is -2.57. The lowest BCUT2D eigenvalue weighted by atomic mass is 10.0. The number of ether oxygens (including phenoxy) is 2. The summed E-state index contributed by atoms with van der Waals surface area (Å²) in [5.41, 5.74) is -0.657. The molecule has 0 unspecified atom stereocenters. The third kappa shape index (κ3) is 4.00. The molecule has 2 aromatic rings. The highest BCUT2D eigenvalue weighted by Crippen LogP contribution is 2.35. The Kier molecular flexibility index (Phi) is 4.88. The minimum atomic E-state index is -4.91. The van der Waals surface area contributed by atoms with E-state index in [2.05, 4.69) is 4.74 Å². The van der Waals surface area contributed by atoms with Crippen LogP contribution in [0.3, 0.4) is 0 Å². The van der Waals surface area contributed by atoms with Crippen molar-refractivity contribution >= 4 is 5.97 Å². The molecular formula is C16H12F4O3. The Morgan fingerprint density at radius 1 is 1.04 bits per heavy atom. The van der Waals surface area contributed by atoms with Gasteiger partial charge in [0, 0.05) is 11.1 Å². The van der Waals surface area contributed by atoms with Crippen molar-refractivity contribution in [2.75, 3.05) is 6.61 Å². The Labute approximate surface area is 129 Å². The van der Waals surface area contributed by atoms with E-state index in [1.807, 2.05) is 0 Å². The van der Waals surface area contributed by atoms with Crippen LogP contribution in [0.2, 0.25) is 0 Å². The molecule has 0 saturated carbocycles. The first kappa shape index (κ1) is 16.8. The van der Waals surface area contributed by atoms with Gasteiger partial charge in [-0.25, -0.2) is 9.18 Å². The topological polar surface area (TPSA) is 35.5 Å². The van der Waals surface area contributed by atoms with E-state index in [-0.39, 0.29) is 23.3 Å². The number of rotatable bonds is 4. The largest absolute Gasteiger partial charge is 0.573 e. The van der Waals surface area contributed by atoms with Gasteiger partial charge in [0.1, 0.15) is 11.6 Å². The summed E-state index contributed by atoms with van der Waals surface area (Å²) in [7, 11) is 0. The number of benzene rings is 2. The van der Waals surface area contributed by atoms with Crippen LogP contribution in [0.1, 0.15) is 17.3 Å². The molecule has 0 amide bonds. The molecule has 23 heavy (non-hydrogen) atoms. The second-order valence-electron chi connectivity index (χ2n) is 4.43. The van der Waals surface area contributed by atoms with Crippen LogP contribution in [0.5, 0.6) is 5.75 Å². The quantitative estimate of drug-likeness (QED) is 0.609. The lowest BCUT2D eigenvalue weighted by molar-refractivity contribution is -0.274. The van der Waals surface area contributed by atoms with Crippen molar-refractivity contribution in [1.29, 1.82) is 0 Å². The first-order valence-corrected chi connectivity index (χ1v) is 6.64. The van der Waals surface area contributed by atoms with E-state index in [0.29, 0.717) is 0 Å². The first-order chi connectivity index (χ1) is 10.8. The summed E-state index contributed by atoms with van der Waals surface area (Å²) in [6.07, 6.45) is -4.91. The predicted molar refractivity (Wildman–Crippen MR) is 74.5 cm³/mol. The number of halogens is 4. The molecule has 0 bridgehead atoms. The Morgan fingerprint density at radius 3 is 2.35 bits per heavy atom. The fraction of sp³-hybridized carbons (Fsp3) is 0.188. The minimum Gasteiger partial charge on any atom is -0.462 e. The maximum absolute atomic E-state index is 14.5. The van der Waals surface area contributed by atoms with E-state index in [1.165, 1.54) is 36.4 Å². The fourth-order valence-electron chi connectivity index (χ4n) is 2.01. The van der Waals surface area contributed by atoms with Crippen molar-refractivity contribution in [3.63, 3.8) is 0 Å². The van der Waals surface area contributed by atoms with Crippen molar-refractivity contribution in [1.82, 2.24) is 0 Å². The number of hydrogen-bond acceptors (Lipinski definition) is 3. The van der Waals surface area contributed by atoms with Gasteiger partial charge in [0.15, 0.2) is 0 Å². The molecule has 0 heterocycles. The Balaban J connectivity index is 2.51. The number of para-hydroxylation sites is 1. The van der Waals surface area contributed by atoms with Crippen LogP contribution in [-0.4, -0.2) is 18.9 Å². The predicted octanol–water partition coefficient (Wildman–Crippen LogP) is 4.57. The van der Waals surface area contributed by atoms with Crippen molar-refractivity contribution in [2.24, 2.45) is 0 Å². The number of hydrogen-bond donors (Lipinski definition) is 0. The average molecular weight is 328 g/mol. The van der Waals surface area contributed by atoms with Crippen molar-refractivity contribution in [2.45, 2.75) is 13.3 Å². The van der Waals surface area contributed by atoms with E-state index in [0.717, 1.165) is 6.07 Å². The van der Waals surface area contributed by atoms with Crippen LogP contribution in [0, 0.1) is 5.82 Å². The van der Waals surface area contributed by atoms with Gasteiger partial charge in [-0.3, -0.25) is 0 Å². The monoisotopic (exact) mass is 328 g/mol. The maximum Gasteiger partial charge on any atom is 0.573 e. The normalized spacial score (nSPS) is 11.2. The molecule has 0 aliphatic rings. The van der Waals surface area contributed by atoms with Crippen molar-refractivity contribution in [3.8, 4) is 16.9 Å². The molecule has 0 spiro atoms. The molecule has 0 N–H and O–H groups in total. The van der Waals surface area contributed by atoms with Gasteiger partial charge >= 0.3 is 12.3 Å². The summed E-state index contributed by atoms with van der Waals surface area (Å²) in [6, 6.07) is 8.93. The lowest BCUT2D eigenvalue weighted by Gasteiger charge is -2.14. The summed E-state index contributed by atoms with van der Waals surface area (Å²) in [4.78, 5) is 11.7. The van der Waals surface area contributed by atoms with Crippen LogP contribution in [-0.2, 0) is 4.74 Å². The molecule has 122 valence electrons. The third-order valence-corrected chi connectivity index (χ3v) is 2.90. The zero-order chi connectivity index (χ0) is 17.0. The Morgan fingerprint density at radius 2 is 1.70 bits per heavy atom. The van der Waals surface area contributed by atoms with E-state index < -0.39 is 23.9 Å². The van der Waals surface area contributed by atoms with Crippen LogP contribution in [0.4, 0.5) is 17.6 Å².